The minimum atomic E-state index is -1.04. The molecule has 0 atom stereocenters. The highest BCUT2D eigenvalue weighted by atomic mass is 35.5. The SMILES string of the molecule is C[Si](C)(C)Cc1cccc(Cl)n1. The quantitative estimate of drug-likeness (QED) is 0.527. The highest BCUT2D eigenvalue weighted by Gasteiger charge is 2.14. The molecule has 1 aromatic rings. The maximum absolute atomic E-state index is 5.78. The van der Waals surface area contributed by atoms with E-state index in [0.717, 1.165) is 11.7 Å². The predicted molar refractivity (Wildman–Crippen MR) is 56.3 cm³/mol. The van der Waals surface area contributed by atoms with Crippen molar-refractivity contribution in [3.05, 3.63) is 29.0 Å². The zero-order valence-corrected chi connectivity index (χ0v) is 9.52. The normalized spacial score (nSPS) is 11.7. The van der Waals surface area contributed by atoms with Gasteiger partial charge in [0.05, 0.1) is 8.07 Å². The molecule has 0 aliphatic heterocycles. The number of hydrogen-bond donors (Lipinski definition) is 0. The lowest BCUT2D eigenvalue weighted by molar-refractivity contribution is 1.14. The van der Waals surface area contributed by atoms with Gasteiger partial charge in [0.25, 0.3) is 0 Å². The molecule has 0 aliphatic carbocycles. The highest BCUT2D eigenvalue weighted by molar-refractivity contribution is 6.75. The zero-order chi connectivity index (χ0) is 9.19. The molecule has 1 rings (SSSR count). The molecule has 0 saturated heterocycles. The van der Waals surface area contributed by atoms with Crippen molar-refractivity contribution < 1.29 is 0 Å². The van der Waals surface area contributed by atoms with E-state index in [-0.39, 0.29) is 0 Å². The van der Waals surface area contributed by atoms with E-state index in [1.807, 2.05) is 18.2 Å². The topological polar surface area (TPSA) is 12.9 Å². The molecule has 0 spiro atoms. The lowest BCUT2D eigenvalue weighted by Gasteiger charge is -2.14. The van der Waals surface area contributed by atoms with Crippen LogP contribution in [0.5, 0.6) is 0 Å². The van der Waals surface area contributed by atoms with Crippen LogP contribution in [0, 0.1) is 0 Å². The second-order valence-corrected chi connectivity index (χ2v) is 10.1. The maximum atomic E-state index is 5.78. The van der Waals surface area contributed by atoms with Crippen LogP contribution in [0.15, 0.2) is 18.2 Å². The smallest absolute Gasteiger partial charge is 0.129 e. The molecule has 0 radical (unpaired) electrons. The molecule has 12 heavy (non-hydrogen) atoms. The first-order valence-electron chi connectivity index (χ1n) is 4.09. The molecule has 0 aromatic carbocycles. The van der Waals surface area contributed by atoms with Crippen LogP contribution in [0.25, 0.3) is 0 Å². The summed E-state index contributed by atoms with van der Waals surface area (Å²) < 4.78 is 0. The number of halogens is 1. The Bertz CT molecular complexity index is 267. The van der Waals surface area contributed by atoms with Crippen LogP contribution in [-0.2, 0) is 6.04 Å². The van der Waals surface area contributed by atoms with Gasteiger partial charge >= 0.3 is 0 Å². The van der Waals surface area contributed by atoms with E-state index in [4.69, 9.17) is 11.6 Å². The number of nitrogens with zero attached hydrogens (tertiary/aromatic N) is 1. The van der Waals surface area contributed by atoms with Crippen LogP contribution in [0.3, 0.4) is 0 Å². The summed E-state index contributed by atoms with van der Waals surface area (Å²) in [5, 5.41) is 0.603. The van der Waals surface area contributed by atoms with Gasteiger partial charge in [0, 0.05) is 5.69 Å². The molecule has 0 fully saturated rings. The van der Waals surface area contributed by atoms with Crippen LogP contribution < -0.4 is 0 Å². The van der Waals surface area contributed by atoms with Crippen LogP contribution in [0.4, 0.5) is 0 Å². The zero-order valence-electron chi connectivity index (χ0n) is 7.76. The van der Waals surface area contributed by atoms with Crippen molar-refractivity contribution in [2.24, 2.45) is 0 Å². The van der Waals surface area contributed by atoms with Gasteiger partial charge in [-0.25, -0.2) is 4.98 Å². The fourth-order valence-electron chi connectivity index (χ4n) is 1.09. The molecule has 1 nitrogen and oxygen atoms in total. The van der Waals surface area contributed by atoms with Crippen LogP contribution >= 0.6 is 11.6 Å². The number of rotatable bonds is 2. The van der Waals surface area contributed by atoms with Gasteiger partial charge in [-0.05, 0) is 18.2 Å². The molecule has 0 bridgehead atoms. The molecule has 66 valence electrons. The summed E-state index contributed by atoms with van der Waals surface area (Å²) in [6.45, 7) is 6.99. The van der Waals surface area contributed by atoms with Crippen molar-refractivity contribution in [2.45, 2.75) is 25.7 Å². The van der Waals surface area contributed by atoms with Crippen molar-refractivity contribution in [1.29, 1.82) is 0 Å². The van der Waals surface area contributed by atoms with Crippen LogP contribution in [-0.4, -0.2) is 13.1 Å². The Kier molecular flexibility index (Phi) is 2.91. The van der Waals surface area contributed by atoms with Crippen molar-refractivity contribution in [3.8, 4) is 0 Å². The molecule has 0 saturated carbocycles. The van der Waals surface area contributed by atoms with Gasteiger partial charge in [0.1, 0.15) is 5.15 Å². The molecule has 0 N–H and O–H groups in total. The molecule has 0 amide bonds. The van der Waals surface area contributed by atoms with Crippen molar-refractivity contribution in [1.82, 2.24) is 4.98 Å². The third-order valence-electron chi connectivity index (χ3n) is 1.48. The average molecular weight is 200 g/mol. The fraction of sp³-hybridized carbons (Fsp3) is 0.444. The van der Waals surface area contributed by atoms with E-state index >= 15 is 0 Å². The number of hydrogen-bond acceptors (Lipinski definition) is 1. The average Bonchev–Trinajstić information content (AvgIpc) is 1.82. The van der Waals surface area contributed by atoms with Gasteiger partial charge < -0.3 is 0 Å². The minimum absolute atomic E-state index is 0.603. The summed E-state index contributed by atoms with van der Waals surface area (Å²) in [6.07, 6.45) is 0. The van der Waals surface area contributed by atoms with Crippen LogP contribution in [0.2, 0.25) is 24.8 Å². The van der Waals surface area contributed by atoms with Crippen molar-refractivity contribution >= 4 is 19.7 Å². The highest BCUT2D eigenvalue weighted by Crippen LogP contribution is 2.11. The van der Waals surface area contributed by atoms with Crippen molar-refractivity contribution in [2.75, 3.05) is 0 Å². The van der Waals surface area contributed by atoms with E-state index in [2.05, 4.69) is 24.6 Å². The summed E-state index contributed by atoms with van der Waals surface area (Å²) in [5.41, 5.74) is 1.13. The summed E-state index contributed by atoms with van der Waals surface area (Å²) >= 11 is 5.78. The molecule has 0 aliphatic rings. The third-order valence-corrected chi connectivity index (χ3v) is 3.12. The third kappa shape index (κ3) is 3.37. The largest absolute Gasteiger partial charge is 0.241 e. The first kappa shape index (κ1) is 9.74. The van der Waals surface area contributed by atoms with Gasteiger partial charge in [0.15, 0.2) is 0 Å². The Morgan fingerprint density at radius 2 is 2.00 bits per heavy atom. The Morgan fingerprint density at radius 1 is 1.33 bits per heavy atom. The van der Waals surface area contributed by atoms with Gasteiger partial charge in [-0.3, -0.25) is 0 Å². The second-order valence-electron chi connectivity index (χ2n) is 4.19. The summed E-state index contributed by atoms with van der Waals surface area (Å²) in [5.74, 6) is 0. The monoisotopic (exact) mass is 199 g/mol. The molecular weight excluding hydrogens is 186 g/mol. The lowest BCUT2D eigenvalue weighted by atomic mass is 10.4. The lowest BCUT2D eigenvalue weighted by Crippen LogP contribution is -2.24. The minimum Gasteiger partial charge on any atom is -0.241 e. The number of aromatic nitrogens is 1. The van der Waals surface area contributed by atoms with Gasteiger partial charge in [-0.1, -0.05) is 37.3 Å². The molecule has 3 heteroatoms. The van der Waals surface area contributed by atoms with Gasteiger partial charge in [-0.15, -0.1) is 0 Å². The van der Waals surface area contributed by atoms with Gasteiger partial charge in [0.2, 0.25) is 0 Å². The van der Waals surface area contributed by atoms with E-state index in [9.17, 15) is 0 Å². The predicted octanol–water partition coefficient (Wildman–Crippen LogP) is 3.15. The van der Waals surface area contributed by atoms with Crippen molar-refractivity contribution in [3.63, 3.8) is 0 Å². The Labute approximate surface area is 79.8 Å². The summed E-state index contributed by atoms with van der Waals surface area (Å²) in [7, 11) is -1.04. The van der Waals surface area contributed by atoms with E-state index in [1.54, 1.807) is 0 Å². The van der Waals surface area contributed by atoms with Gasteiger partial charge in [-0.2, -0.15) is 0 Å². The fourth-order valence-corrected chi connectivity index (χ4v) is 2.56. The second kappa shape index (κ2) is 3.58. The number of pyridine rings is 1. The summed E-state index contributed by atoms with van der Waals surface area (Å²) in [6, 6.07) is 6.93. The van der Waals surface area contributed by atoms with E-state index in [1.165, 1.54) is 0 Å². The Morgan fingerprint density at radius 3 is 2.50 bits per heavy atom. The first-order valence-corrected chi connectivity index (χ1v) is 8.17. The molecule has 0 unspecified atom stereocenters. The Balaban J connectivity index is 2.77. The molecule has 1 aromatic heterocycles. The molecule has 1 heterocycles. The van der Waals surface area contributed by atoms with E-state index < -0.39 is 8.07 Å². The Hall–Kier alpha value is -0.343. The standard InChI is InChI=1S/C9H14ClNSi/c1-12(2,3)7-8-5-4-6-9(10)11-8/h4-6H,7H2,1-3H3. The van der Waals surface area contributed by atoms with E-state index in [0.29, 0.717) is 5.15 Å². The maximum Gasteiger partial charge on any atom is 0.129 e. The summed E-state index contributed by atoms with van der Waals surface area (Å²) in [4.78, 5) is 4.26. The van der Waals surface area contributed by atoms with Crippen LogP contribution in [0.1, 0.15) is 5.69 Å². The molecular formula is C9H14ClNSi. The first-order chi connectivity index (χ1) is 5.47.